The number of aryl methyl sites for hydroxylation is 1. The van der Waals surface area contributed by atoms with Gasteiger partial charge < -0.3 is 4.90 Å². The molecule has 1 amide bonds. The van der Waals surface area contributed by atoms with Gasteiger partial charge in [0.05, 0.1) is 5.54 Å². The van der Waals surface area contributed by atoms with Gasteiger partial charge in [0.2, 0.25) is 5.91 Å². The minimum absolute atomic E-state index is 0.142. The Balaban J connectivity index is 1.50. The Morgan fingerprint density at radius 2 is 1.58 bits per heavy atom. The average Bonchev–Trinajstić information content (AvgIpc) is 2.79. The van der Waals surface area contributed by atoms with Crippen molar-refractivity contribution in [3.63, 3.8) is 0 Å². The molecule has 0 aromatic heterocycles. The highest BCUT2D eigenvalue weighted by Gasteiger charge is 2.61. The molecule has 4 nitrogen and oxygen atoms in total. The number of carbonyl (C=O) groups excluding carboxylic acids is 3. The number of fused-ring (bicyclic) bond motifs is 1. The molecule has 0 saturated carbocycles. The second-order valence-corrected chi connectivity index (χ2v) is 8.23. The summed E-state index contributed by atoms with van der Waals surface area (Å²) < 4.78 is 0. The molecule has 2 aliphatic rings. The van der Waals surface area contributed by atoms with Crippen LogP contribution in [0.5, 0.6) is 0 Å². The van der Waals surface area contributed by atoms with Crippen LogP contribution in [0, 0.1) is 12.8 Å². The van der Waals surface area contributed by atoms with Gasteiger partial charge in [0.15, 0.2) is 11.6 Å². The van der Waals surface area contributed by atoms with Gasteiger partial charge in [-0.25, -0.2) is 0 Å². The zero-order valence-electron chi connectivity index (χ0n) is 17.1. The number of benzene rings is 3. The predicted molar refractivity (Wildman–Crippen MR) is 120 cm³/mol. The third kappa shape index (κ3) is 3.12. The lowest BCUT2D eigenvalue weighted by Gasteiger charge is -2.54. The number of carbonyl (C=O) groups is 3. The van der Waals surface area contributed by atoms with Crippen LogP contribution < -0.4 is 0 Å². The maximum atomic E-state index is 13.3. The van der Waals surface area contributed by atoms with E-state index in [-0.39, 0.29) is 17.5 Å². The molecule has 3 aromatic rings. The minimum atomic E-state index is -0.918. The summed E-state index contributed by atoms with van der Waals surface area (Å²) in [7, 11) is 0. The summed E-state index contributed by atoms with van der Waals surface area (Å²) in [4.78, 5) is 40.0. The number of Topliss-reactive ketones (excluding diaryl/α,β-unsaturated/α-hetero) is 1. The maximum absolute atomic E-state index is 13.3. The van der Waals surface area contributed by atoms with Gasteiger partial charge in [-0.2, -0.15) is 0 Å². The Hall–Kier alpha value is -3.79. The van der Waals surface area contributed by atoms with Crippen molar-refractivity contribution in [2.24, 2.45) is 5.92 Å². The summed E-state index contributed by atoms with van der Waals surface area (Å²) in [6, 6.07) is 21.4. The van der Waals surface area contributed by atoms with E-state index in [1.54, 1.807) is 29.2 Å². The van der Waals surface area contributed by atoms with Gasteiger partial charge in [-0.1, -0.05) is 66.2 Å². The first-order chi connectivity index (χ1) is 15.0. The van der Waals surface area contributed by atoms with E-state index in [9.17, 15) is 14.4 Å². The van der Waals surface area contributed by atoms with Crippen LogP contribution in [0.2, 0.25) is 0 Å². The molecule has 1 fully saturated rings. The predicted octanol–water partition coefficient (Wildman–Crippen LogP) is 4.42. The second kappa shape index (κ2) is 7.17. The van der Waals surface area contributed by atoms with Crippen molar-refractivity contribution in [2.75, 3.05) is 0 Å². The van der Waals surface area contributed by atoms with Crippen LogP contribution in [0.4, 0.5) is 0 Å². The normalized spacial score (nSPS) is 19.1. The number of ketones is 2. The molecule has 1 saturated heterocycles. The Bertz CT molecular complexity index is 1270. The van der Waals surface area contributed by atoms with E-state index >= 15 is 0 Å². The fourth-order valence-electron chi connectivity index (χ4n) is 4.49. The lowest BCUT2D eigenvalue weighted by atomic mass is 9.67. The molecule has 3 aromatic carbocycles. The first kappa shape index (κ1) is 19.2. The molecule has 0 unspecified atom stereocenters. The lowest BCUT2D eigenvalue weighted by Crippen LogP contribution is -2.71. The average molecular weight is 407 g/mol. The number of rotatable bonds is 4. The molecule has 1 aliphatic heterocycles. The van der Waals surface area contributed by atoms with E-state index in [1.807, 2.05) is 55.5 Å². The maximum Gasteiger partial charge on any atom is 0.237 e. The zero-order chi connectivity index (χ0) is 21.6. The van der Waals surface area contributed by atoms with Gasteiger partial charge in [0.25, 0.3) is 0 Å². The van der Waals surface area contributed by atoms with Gasteiger partial charge in [0, 0.05) is 12.1 Å². The summed E-state index contributed by atoms with van der Waals surface area (Å²) >= 11 is 0. The molecule has 1 spiro atoms. The topological polar surface area (TPSA) is 54.5 Å². The van der Waals surface area contributed by atoms with Crippen LogP contribution in [0.3, 0.4) is 0 Å². The van der Waals surface area contributed by atoms with Crippen LogP contribution in [-0.4, -0.2) is 27.9 Å². The summed E-state index contributed by atoms with van der Waals surface area (Å²) in [5.41, 5.74) is 1.62. The van der Waals surface area contributed by atoms with Crippen molar-refractivity contribution in [3.8, 4) is 0 Å². The van der Waals surface area contributed by atoms with Crippen LogP contribution >= 0.6 is 0 Å². The molecule has 1 atom stereocenters. The Morgan fingerprint density at radius 3 is 2.29 bits per heavy atom. The third-order valence-electron chi connectivity index (χ3n) is 6.22. The Morgan fingerprint density at radius 1 is 0.903 bits per heavy atom. The number of β-lactam (4-membered cyclic amide) rings is 1. The van der Waals surface area contributed by atoms with Gasteiger partial charge >= 0.3 is 0 Å². The molecule has 31 heavy (non-hydrogen) atoms. The first-order valence-corrected chi connectivity index (χ1v) is 10.3. The molecule has 0 bridgehead atoms. The van der Waals surface area contributed by atoms with Crippen molar-refractivity contribution in [3.05, 3.63) is 108 Å². The number of allylic oxidation sites excluding steroid dienone is 2. The standard InChI is InChI=1S/C27H21NO3/c1-18-6-9-21(10-7-18)25(30)24-26(31)28(27(24)14-12-23(29)13-15-27)17-19-8-11-20-4-2-3-5-22(20)16-19/h2-16,24H,17H2,1H3/t24-/m0/s1. The fourth-order valence-corrected chi connectivity index (χ4v) is 4.49. The van der Waals surface area contributed by atoms with Crippen molar-refractivity contribution in [1.82, 2.24) is 4.90 Å². The SMILES string of the molecule is Cc1ccc(C(=O)[C@H]2C(=O)N(Cc3ccc4ccccc4c3)C23C=CC(=O)C=C3)cc1. The van der Waals surface area contributed by atoms with Crippen LogP contribution in [0.15, 0.2) is 91.0 Å². The largest absolute Gasteiger partial charge is 0.324 e. The highest BCUT2D eigenvalue weighted by atomic mass is 16.2. The first-order valence-electron chi connectivity index (χ1n) is 10.3. The number of hydrogen-bond donors (Lipinski definition) is 0. The fraction of sp³-hybridized carbons (Fsp3) is 0.148. The summed E-state index contributed by atoms with van der Waals surface area (Å²) in [5.74, 6) is -1.45. The quantitative estimate of drug-likeness (QED) is 0.365. The number of nitrogens with zero attached hydrogens (tertiary/aromatic N) is 1. The summed E-state index contributed by atoms with van der Waals surface area (Å²) in [6.07, 6.45) is 6.31. The zero-order valence-corrected chi connectivity index (χ0v) is 17.1. The highest BCUT2D eigenvalue weighted by molar-refractivity contribution is 6.16. The van der Waals surface area contributed by atoms with Gasteiger partial charge in [-0.15, -0.1) is 0 Å². The smallest absolute Gasteiger partial charge is 0.237 e. The van der Waals surface area contributed by atoms with Gasteiger partial charge in [-0.05, 0) is 53.6 Å². The summed E-state index contributed by atoms with van der Waals surface area (Å²) in [5, 5.41) is 2.23. The molecule has 5 rings (SSSR count). The number of amides is 1. The molecule has 0 radical (unpaired) electrons. The van der Waals surface area contributed by atoms with Crippen LogP contribution in [0.1, 0.15) is 21.5 Å². The molecule has 0 N–H and O–H groups in total. The van der Waals surface area contributed by atoms with Crippen molar-refractivity contribution in [2.45, 2.75) is 19.0 Å². The molecule has 1 heterocycles. The van der Waals surface area contributed by atoms with E-state index in [4.69, 9.17) is 0 Å². The van der Waals surface area contributed by atoms with E-state index in [0.29, 0.717) is 12.1 Å². The number of hydrogen-bond acceptors (Lipinski definition) is 3. The molecule has 152 valence electrons. The van der Waals surface area contributed by atoms with E-state index in [1.165, 1.54) is 12.2 Å². The van der Waals surface area contributed by atoms with E-state index < -0.39 is 11.5 Å². The van der Waals surface area contributed by atoms with Gasteiger partial charge in [-0.3, -0.25) is 14.4 Å². The third-order valence-corrected chi connectivity index (χ3v) is 6.22. The molecular weight excluding hydrogens is 386 g/mol. The molecule has 4 heteroatoms. The number of likely N-dealkylation sites (tertiary alicyclic amines) is 1. The monoisotopic (exact) mass is 407 g/mol. The highest BCUT2D eigenvalue weighted by Crippen LogP contribution is 2.44. The second-order valence-electron chi connectivity index (χ2n) is 8.23. The van der Waals surface area contributed by atoms with Crippen LogP contribution in [-0.2, 0) is 16.1 Å². The van der Waals surface area contributed by atoms with Gasteiger partial charge in [0.1, 0.15) is 5.92 Å². The van der Waals surface area contributed by atoms with E-state index in [2.05, 4.69) is 6.07 Å². The minimum Gasteiger partial charge on any atom is -0.324 e. The summed E-state index contributed by atoms with van der Waals surface area (Å²) in [6.45, 7) is 2.32. The van der Waals surface area contributed by atoms with Crippen molar-refractivity contribution < 1.29 is 14.4 Å². The van der Waals surface area contributed by atoms with Crippen LogP contribution in [0.25, 0.3) is 10.8 Å². The van der Waals surface area contributed by atoms with Crippen molar-refractivity contribution >= 4 is 28.2 Å². The van der Waals surface area contributed by atoms with Crippen molar-refractivity contribution in [1.29, 1.82) is 0 Å². The molecule has 1 aliphatic carbocycles. The Kier molecular flexibility index (Phi) is 4.44. The van der Waals surface area contributed by atoms with E-state index in [0.717, 1.165) is 21.9 Å². The lowest BCUT2D eigenvalue weighted by molar-refractivity contribution is -0.157. The molecular formula is C27H21NO3. The Labute approximate surface area is 180 Å².